The summed E-state index contributed by atoms with van der Waals surface area (Å²) in [6, 6.07) is 6.76. The number of hydrogen-bond donors (Lipinski definition) is 2. The van der Waals surface area contributed by atoms with Gasteiger partial charge in [-0.3, -0.25) is 4.79 Å². The molecule has 0 radical (unpaired) electrons. The number of rotatable bonds is 8. The lowest BCUT2D eigenvalue weighted by atomic mass is 9.95. The molecule has 5 nitrogen and oxygen atoms in total. The second kappa shape index (κ2) is 7.67. The zero-order valence-electron chi connectivity index (χ0n) is 12.8. The van der Waals surface area contributed by atoms with Crippen molar-refractivity contribution in [2.45, 2.75) is 45.6 Å². The van der Waals surface area contributed by atoms with Crippen LogP contribution in [0.2, 0.25) is 0 Å². The molecular weight excluding hydrogens is 270 g/mol. The van der Waals surface area contributed by atoms with E-state index in [0.29, 0.717) is 30.8 Å². The molecule has 21 heavy (non-hydrogen) atoms. The summed E-state index contributed by atoms with van der Waals surface area (Å²) in [6.07, 6.45) is 1.92. The summed E-state index contributed by atoms with van der Waals surface area (Å²) in [5.74, 6) is -0.830. The number of carbonyl (C=O) groups is 2. The van der Waals surface area contributed by atoms with E-state index in [1.54, 1.807) is 24.3 Å². The molecule has 0 saturated heterocycles. The molecule has 1 aromatic carbocycles. The average Bonchev–Trinajstić information content (AvgIpc) is 2.45. The number of carbonyl (C=O) groups excluding carboxylic acids is 1. The van der Waals surface area contributed by atoms with Gasteiger partial charge in [0.25, 0.3) is 5.91 Å². The number of carboxylic acid groups (broad SMARTS) is 1. The fourth-order valence-electron chi connectivity index (χ4n) is 1.99. The Balaban J connectivity index is 2.85. The zero-order chi connectivity index (χ0) is 15.9. The van der Waals surface area contributed by atoms with Gasteiger partial charge in [0.15, 0.2) is 0 Å². The van der Waals surface area contributed by atoms with E-state index >= 15 is 0 Å². The highest BCUT2D eigenvalue weighted by molar-refractivity contribution is 5.98. The van der Waals surface area contributed by atoms with E-state index in [2.05, 4.69) is 5.32 Å². The summed E-state index contributed by atoms with van der Waals surface area (Å²) in [5, 5.41) is 11.9. The maximum atomic E-state index is 12.2. The van der Waals surface area contributed by atoms with Crippen LogP contribution in [0.4, 0.5) is 0 Å². The van der Waals surface area contributed by atoms with Crippen LogP contribution in [0.3, 0.4) is 0 Å². The number of amides is 1. The van der Waals surface area contributed by atoms with Crippen LogP contribution in [0, 0.1) is 0 Å². The number of ether oxygens (including phenoxy) is 1. The summed E-state index contributed by atoms with van der Waals surface area (Å²) >= 11 is 0. The molecule has 1 aromatic rings. The molecule has 1 unspecified atom stereocenters. The molecule has 0 aliphatic heterocycles. The summed E-state index contributed by atoms with van der Waals surface area (Å²) in [6.45, 7) is 5.98. The number of hydrogen-bond acceptors (Lipinski definition) is 3. The first kappa shape index (κ1) is 17.0. The Labute approximate surface area is 125 Å². The highest BCUT2D eigenvalue weighted by atomic mass is 16.5. The van der Waals surface area contributed by atoms with Gasteiger partial charge in [-0.15, -0.1) is 0 Å². The smallest absolute Gasteiger partial charge is 0.329 e. The Morgan fingerprint density at radius 2 is 2.00 bits per heavy atom. The topological polar surface area (TPSA) is 75.6 Å². The van der Waals surface area contributed by atoms with Crippen LogP contribution in [-0.4, -0.2) is 29.1 Å². The van der Waals surface area contributed by atoms with Crippen molar-refractivity contribution in [1.29, 1.82) is 0 Å². The van der Waals surface area contributed by atoms with Crippen molar-refractivity contribution in [3.63, 3.8) is 0 Å². The predicted octanol–water partition coefficient (Wildman–Crippen LogP) is 2.85. The average molecular weight is 293 g/mol. The maximum absolute atomic E-state index is 12.2. The predicted molar refractivity (Wildman–Crippen MR) is 80.6 cm³/mol. The second-order valence-electron chi connectivity index (χ2n) is 5.22. The first-order chi connectivity index (χ1) is 9.92. The standard InChI is InChI=1S/C16H23NO4/c1-4-9-16(3,15(19)20)17-14(18)12-7-6-8-13(11-12)21-10-5-2/h6-8,11H,4-5,9-10H2,1-3H3,(H,17,18)(H,19,20). The minimum atomic E-state index is -1.26. The molecule has 0 aliphatic rings. The van der Waals surface area contributed by atoms with Crippen molar-refractivity contribution < 1.29 is 19.4 Å². The first-order valence-electron chi connectivity index (χ1n) is 7.21. The molecule has 5 heteroatoms. The van der Waals surface area contributed by atoms with Crippen molar-refractivity contribution in [3.8, 4) is 5.75 Å². The molecule has 0 bridgehead atoms. The van der Waals surface area contributed by atoms with Crippen molar-refractivity contribution in [2.75, 3.05) is 6.61 Å². The highest BCUT2D eigenvalue weighted by Gasteiger charge is 2.34. The van der Waals surface area contributed by atoms with Crippen LogP contribution >= 0.6 is 0 Å². The van der Waals surface area contributed by atoms with Gasteiger partial charge in [0.1, 0.15) is 11.3 Å². The third-order valence-electron chi connectivity index (χ3n) is 3.18. The van der Waals surface area contributed by atoms with Gasteiger partial charge in [-0.05, 0) is 38.0 Å². The van der Waals surface area contributed by atoms with Crippen molar-refractivity contribution in [1.82, 2.24) is 5.32 Å². The maximum Gasteiger partial charge on any atom is 0.329 e. The Morgan fingerprint density at radius 3 is 2.57 bits per heavy atom. The van der Waals surface area contributed by atoms with E-state index in [1.165, 1.54) is 6.92 Å². The lowest BCUT2D eigenvalue weighted by molar-refractivity contribution is -0.144. The molecule has 0 fully saturated rings. The summed E-state index contributed by atoms with van der Waals surface area (Å²) < 4.78 is 5.47. The van der Waals surface area contributed by atoms with Gasteiger partial charge in [0, 0.05) is 5.56 Å². The van der Waals surface area contributed by atoms with Gasteiger partial charge in [0.05, 0.1) is 6.61 Å². The van der Waals surface area contributed by atoms with Crippen LogP contribution in [0.5, 0.6) is 5.75 Å². The molecule has 1 rings (SSSR count). The molecule has 0 spiro atoms. The molecule has 116 valence electrons. The van der Waals surface area contributed by atoms with E-state index in [9.17, 15) is 14.7 Å². The lowest BCUT2D eigenvalue weighted by Gasteiger charge is -2.25. The third-order valence-corrected chi connectivity index (χ3v) is 3.18. The second-order valence-corrected chi connectivity index (χ2v) is 5.22. The summed E-state index contributed by atoms with van der Waals surface area (Å²) in [4.78, 5) is 23.6. The van der Waals surface area contributed by atoms with Gasteiger partial charge >= 0.3 is 5.97 Å². The van der Waals surface area contributed by atoms with E-state index in [1.807, 2.05) is 13.8 Å². The van der Waals surface area contributed by atoms with Crippen molar-refractivity contribution in [2.24, 2.45) is 0 Å². The highest BCUT2D eigenvalue weighted by Crippen LogP contribution is 2.17. The number of carboxylic acids is 1. The van der Waals surface area contributed by atoms with Crippen LogP contribution in [0.25, 0.3) is 0 Å². The molecule has 2 N–H and O–H groups in total. The normalized spacial score (nSPS) is 13.3. The van der Waals surface area contributed by atoms with Crippen LogP contribution in [0.15, 0.2) is 24.3 Å². The molecule has 0 aliphatic carbocycles. The Hall–Kier alpha value is -2.04. The van der Waals surface area contributed by atoms with E-state index < -0.39 is 17.4 Å². The van der Waals surface area contributed by atoms with Gasteiger partial charge in [-0.25, -0.2) is 4.79 Å². The summed E-state index contributed by atoms with van der Waals surface area (Å²) in [7, 11) is 0. The largest absolute Gasteiger partial charge is 0.494 e. The minimum Gasteiger partial charge on any atom is -0.494 e. The number of nitrogens with one attached hydrogen (secondary N) is 1. The fourth-order valence-corrected chi connectivity index (χ4v) is 1.99. The Bertz CT molecular complexity index is 501. The molecule has 0 heterocycles. The van der Waals surface area contributed by atoms with Gasteiger partial charge in [-0.2, -0.15) is 0 Å². The van der Waals surface area contributed by atoms with Crippen LogP contribution in [0.1, 0.15) is 50.4 Å². The Kier molecular flexibility index (Phi) is 6.21. The minimum absolute atomic E-state index is 0.375. The third kappa shape index (κ3) is 4.77. The zero-order valence-corrected chi connectivity index (χ0v) is 12.8. The Morgan fingerprint density at radius 1 is 1.29 bits per heavy atom. The molecular formula is C16H23NO4. The van der Waals surface area contributed by atoms with Crippen molar-refractivity contribution >= 4 is 11.9 Å². The SMILES string of the molecule is CCCOc1cccc(C(=O)NC(C)(CCC)C(=O)O)c1. The van der Waals surface area contributed by atoms with Gasteiger partial charge < -0.3 is 15.2 Å². The molecule has 0 saturated carbocycles. The van der Waals surface area contributed by atoms with Gasteiger partial charge in [0.2, 0.25) is 0 Å². The quantitative estimate of drug-likeness (QED) is 0.772. The van der Waals surface area contributed by atoms with E-state index in [-0.39, 0.29) is 0 Å². The number of benzene rings is 1. The molecule has 1 amide bonds. The van der Waals surface area contributed by atoms with E-state index in [4.69, 9.17) is 4.74 Å². The van der Waals surface area contributed by atoms with Gasteiger partial charge in [-0.1, -0.05) is 26.3 Å². The molecule has 0 aromatic heterocycles. The summed E-state index contributed by atoms with van der Waals surface area (Å²) in [5.41, 5.74) is -0.862. The van der Waals surface area contributed by atoms with Crippen LogP contribution in [-0.2, 0) is 4.79 Å². The molecule has 1 atom stereocenters. The monoisotopic (exact) mass is 293 g/mol. The number of aliphatic carboxylic acids is 1. The van der Waals surface area contributed by atoms with Crippen LogP contribution < -0.4 is 10.1 Å². The van der Waals surface area contributed by atoms with Crippen molar-refractivity contribution in [3.05, 3.63) is 29.8 Å². The first-order valence-corrected chi connectivity index (χ1v) is 7.21. The lowest BCUT2D eigenvalue weighted by Crippen LogP contribution is -2.52. The fraction of sp³-hybridized carbons (Fsp3) is 0.500. The van der Waals surface area contributed by atoms with E-state index in [0.717, 1.165) is 6.42 Å².